The summed E-state index contributed by atoms with van der Waals surface area (Å²) in [6.07, 6.45) is -4.34. The van der Waals surface area contributed by atoms with Crippen molar-refractivity contribution in [2.24, 2.45) is 10.2 Å². The lowest BCUT2D eigenvalue weighted by Crippen LogP contribution is -2.21. The monoisotopic (exact) mass is 409 g/mol. The topological polar surface area (TPSA) is 134 Å². The zero-order chi connectivity index (χ0) is 21.9. The SMILES string of the molecule is CCCn1c(O)c(C#N)c(C)c(N=Nc2ccc(C(F)(F)F)cc2[N+](=O)[O-])c1=O. The van der Waals surface area contributed by atoms with Gasteiger partial charge in [0.1, 0.15) is 11.6 Å². The van der Waals surface area contributed by atoms with Crippen molar-refractivity contribution in [2.75, 3.05) is 0 Å². The number of rotatable bonds is 5. The molecular weight excluding hydrogens is 395 g/mol. The highest BCUT2D eigenvalue weighted by molar-refractivity contribution is 5.60. The van der Waals surface area contributed by atoms with E-state index in [1.165, 1.54) is 6.92 Å². The van der Waals surface area contributed by atoms with E-state index in [9.17, 15) is 38.4 Å². The Labute approximate surface area is 161 Å². The van der Waals surface area contributed by atoms with Crippen LogP contribution in [0.15, 0.2) is 33.2 Å². The van der Waals surface area contributed by atoms with Gasteiger partial charge in [0.2, 0.25) is 5.88 Å². The average molecular weight is 409 g/mol. The maximum Gasteiger partial charge on any atom is 0.416 e. The van der Waals surface area contributed by atoms with Gasteiger partial charge in [0.25, 0.3) is 11.2 Å². The number of nitrogens with zero attached hydrogens (tertiary/aromatic N) is 5. The van der Waals surface area contributed by atoms with Crippen LogP contribution in [0.2, 0.25) is 0 Å². The molecule has 0 aliphatic rings. The molecule has 0 saturated carbocycles. The van der Waals surface area contributed by atoms with Crippen LogP contribution in [0.5, 0.6) is 5.88 Å². The first-order valence-corrected chi connectivity index (χ1v) is 8.16. The minimum Gasteiger partial charge on any atom is -0.493 e. The number of hydrogen-bond donors (Lipinski definition) is 1. The van der Waals surface area contributed by atoms with Crippen LogP contribution in [-0.4, -0.2) is 14.6 Å². The average Bonchev–Trinajstić information content (AvgIpc) is 2.64. The van der Waals surface area contributed by atoms with Gasteiger partial charge in [0.05, 0.1) is 10.5 Å². The van der Waals surface area contributed by atoms with E-state index >= 15 is 0 Å². The molecule has 1 heterocycles. The number of halogens is 3. The number of aromatic hydroxyl groups is 1. The molecule has 0 amide bonds. The molecule has 29 heavy (non-hydrogen) atoms. The molecular formula is C17H14F3N5O4. The van der Waals surface area contributed by atoms with Gasteiger partial charge in [-0.15, -0.1) is 10.2 Å². The largest absolute Gasteiger partial charge is 0.493 e. The van der Waals surface area contributed by atoms with Crippen LogP contribution < -0.4 is 5.56 Å². The summed E-state index contributed by atoms with van der Waals surface area (Å²) >= 11 is 0. The molecule has 0 saturated heterocycles. The number of pyridine rings is 1. The Hall–Kier alpha value is -3.75. The summed E-state index contributed by atoms with van der Waals surface area (Å²) in [6.45, 7) is 3.12. The highest BCUT2D eigenvalue weighted by Gasteiger charge is 2.33. The molecule has 2 aromatic rings. The van der Waals surface area contributed by atoms with E-state index in [4.69, 9.17) is 0 Å². The molecule has 1 N–H and O–H groups in total. The van der Waals surface area contributed by atoms with Gasteiger partial charge >= 0.3 is 6.18 Å². The predicted octanol–water partition coefficient (Wildman–Crippen LogP) is 4.49. The molecule has 12 heteroatoms. The fraction of sp³-hybridized carbons (Fsp3) is 0.294. The molecule has 0 aliphatic heterocycles. The van der Waals surface area contributed by atoms with Gasteiger partial charge in [-0.25, -0.2) is 0 Å². The standard InChI is InChI=1S/C17H14F3N5O4/c1-3-6-24-15(26)11(8-21)9(2)14(16(24)27)23-22-12-5-4-10(17(18,19)20)7-13(12)25(28)29/h4-5,7,26H,3,6H2,1-2H3. The van der Waals surface area contributed by atoms with Crippen molar-refractivity contribution in [1.82, 2.24) is 4.57 Å². The van der Waals surface area contributed by atoms with Crippen LogP contribution in [-0.2, 0) is 12.7 Å². The third-order valence-corrected chi connectivity index (χ3v) is 3.97. The molecule has 0 bridgehead atoms. The molecule has 9 nitrogen and oxygen atoms in total. The third kappa shape index (κ3) is 4.23. The number of nitro groups is 1. The van der Waals surface area contributed by atoms with Crippen LogP contribution in [0.1, 0.15) is 30.0 Å². The van der Waals surface area contributed by atoms with Crippen LogP contribution in [0.4, 0.5) is 30.2 Å². The quantitative estimate of drug-likeness (QED) is 0.441. The van der Waals surface area contributed by atoms with Crippen LogP contribution in [0.25, 0.3) is 0 Å². The first kappa shape index (κ1) is 21.5. The Morgan fingerprint density at radius 1 is 1.34 bits per heavy atom. The molecule has 0 aliphatic carbocycles. The summed E-state index contributed by atoms with van der Waals surface area (Å²) in [5.41, 5.74) is -4.08. The smallest absolute Gasteiger partial charge is 0.416 e. The first-order valence-electron chi connectivity index (χ1n) is 8.16. The normalized spacial score (nSPS) is 11.6. The second-order valence-electron chi connectivity index (χ2n) is 5.90. The highest BCUT2D eigenvalue weighted by atomic mass is 19.4. The molecule has 152 valence electrons. The minimum absolute atomic E-state index is 0.0133. The number of nitro benzene ring substituents is 1. The second kappa shape index (κ2) is 8.09. The molecule has 0 atom stereocenters. The third-order valence-electron chi connectivity index (χ3n) is 3.97. The Balaban J connectivity index is 2.66. The minimum atomic E-state index is -4.79. The van der Waals surface area contributed by atoms with Gasteiger partial charge in [-0.1, -0.05) is 6.92 Å². The van der Waals surface area contributed by atoms with Crippen molar-refractivity contribution in [3.63, 3.8) is 0 Å². The number of aromatic nitrogens is 1. The van der Waals surface area contributed by atoms with Gasteiger partial charge in [0, 0.05) is 18.2 Å². The van der Waals surface area contributed by atoms with E-state index in [-0.39, 0.29) is 23.4 Å². The molecule has 1 aromatic carbocycles. The summed E-state index contributed by atoms with van der Waals surface area (Å²) in [5, 5.41) is 37.6. The summed E-state index contributed by atoms with van der Waals surface area (Å²) in [7, 11) is 0. The lowest BCUT2D eigenvalue weighted by atomic mass is 10.1. The maximum atomic E-state index is 12.8. The van der Waals surface area contributed by atoms with Crippen molar-refractivity contribution in [3.8, 4) is 11.9 Å². The molecule has 0 unspecified atom stereocenters. The van der Waals surface area contributed by atoms with Crippen LogP contribution in [0, 0.1) is 28.4 Å². The summed E-state index contributed by atoms with van der Waals surface area (Å²) in [6, 6.07) is 3.41. The fourth-order valence-corrected chi connectivity index (χ4v) is 2.52. The van der Waals surface area contributed by atoms with E-state index in [2.05, 4.69) is 10.2 Å². The Morgan fingerprint density at radius 3 is 2.52 bits per heavy atom. The zero-order valence-electron chi connectivity index (χ0n) is 15.2. The van der Waals surface area contributed by atoms with Crippen molar-refractivity contribution < 1.29 is 23.2 Å². The lowest BCUT2D eigenvalue weighted by molar-refractivity contribution is -0.384. The van der Waals surface area contributed by atoms with Gasteiger partial charge in [-0.05, 0) is 25.5 Å². The lowest BCUT2D eigenvalue weighted by Gasteiger charge is -2.12. The van der Waals surface area contributed by atoms with Gasteiger partial charge in [-0.2, -0.15) is 18.4 Å². The number of benzene rings is 1. The van der Waals surface area contributed by atoms with Crippen molar-refractivity contribution in [3.05, 3.63) is 55.4 Å². The highest BCUT2D eigenvalue weighted by Crippen LogP contribution is 2.37. The van der Waals surface area contributed by atoms with Gasteiger partial charge in [0.15, 0.2) is 11.4 Å². The van der Waals surface area contributed by atoms with Crippen molar-refractivity contribution in [2.45, 2.75) is 33.0 Å². The van der Waals surface area contributed by atoms with Crippen molar-refractivity contribution in [1.29, 1.82) is 5.26 Å². The number of hydrogen-bond acceptors (Lipinski definition) is 7. The first-order chi connectivity index (χ1) is 13.5. The second-order valence-corrected chi connectivity index (χ2v) is 5.90. The van der Waals surface area contributed by atoms with E-state index < -0.39 is 39.5 Å². The fourth-order valence-electron chi connectivity index (χ4n) is 2.52. The van der Waals surface area contributed by atoms with Gasteiger partial charge in [-0.3, -0.25) is 19.5 Å². The molecule has 2 rings (SSSR count). The van der Waals surface area contributed by atoms with Crippen LogP contribution >= 0.6 is 0 Å². The van der Waals surface area contributed by atoms with E-state index in [1.807, 2.05) is 0 Å². The van der Waals surface area contributed by atoms with Crippen LogP contribution in [0.3, 0.4) is 0 Å². The Kier molecular flexibility index (Phi) is 6.01. The number of azo groups is 1. The molecule has 0 radical (unpaired) electrons. The Bertz CT molecular complexity index is 1100. The number of nitriles is 1. The summed E-state index contributed by atoms with van der Waals surface area (Å²) in [5.74, 6) is -0.545. The van der Waals surface area contributed by atoms with E-state index in [0.29, 0.717) is 18.6 Å². The van der Waals surface area contributed by atoms with Gasteiger partial charge < -0.3 is 5.11 Å². The zero-order valence-corrected chi connectivity index (χ0v) is 15.2. The Morgan fingerprint density at radius 2 is 2.00 bits per heavy atom. The maximum absolute atomic E-state index is 12.8. The predicted molar refractivity (Wildman–Crippen MR) is 94.4 cm³/mol. The number of alkyl halides is 3. The molecule has 1 aromatic heterocycles. The molecule has 0 fully saturated rings. The summed E-state index contributed by atoms with van der Waals surface area (Å²) < 4.78 is 39.3. The van der Waals surface area contributed by atoms with E-state index in [1.54, 1.807) is 13.0 Å². The molecule has 0 spiro atoms. The summed E-state index contributed by atoms with van der Waals surface area (Å²) in [4.78, 5) is 22.6. The van der Waals surface area contributed by atoms with E-state index in [0.717, 1.165) is 10.6 Å². The van der Waals surface area contributed by atoms with Crippen molar-refractivity contribution >= 4 is 17.1 Å².